The lowest BCUT2D eigenvalue weighted by molar-refractivity contribution is -0.132. The molecule has 1 unspecified atom stereocenters. The van der Waals surface area contributed by atoms with Crippen LogP contribution in [0.15, 0.2) is 29.8 Å². The zero-order chi connectivity index (χ0) is 29.3. The number of halogens is 2. The van der Waals surface area contributed by atoms with Gasteiger partial charge in [-0.25, -0.2) is 4.39 Å². The number of carbonyl (C=O) groups excluding carboxylic acids is 3. The third kappa shape index (κ3) is 13.9. The number of benzene rings is 1. The Balaban J connectivity index is 0.000000938. The van der Waals surface area contributed by atoms with Gasteiger partial charge in [0, 0.05) is 24.4 Å². The second kappa shape index (κ2) is 19.6. The van der Waals surface area contributed by atoms with Gasteiger partial charge in [-0.1, -0.05) is 58.2 Å². The number of hydrogen-bond donors (Lipinski definition) is 2. The van der Waals surface area contributed by atoms with Gasteiger partial charge in [0.2, 0.25) is 12.3 Å². The summed E-state index contributed by atoms with van der Waals surface area (Å²) >= 11 is 5.71. The molecule has 1 saturated heterocycles. The molecule has 0 aromatic heterocycles. The van der Waals surface area contributed by atoms with E-state index in [1.54, 1.807) is 20.0 Å². The molecular weight excluding hydrogens is 507 g/mol. The van der Waals surface area contributed by atoms with Gasteiger partial charge in [-0.05, 0) is 70.8 Å². The molecule has 1 aromatic carbocycles. The summed E-state index contributed by atoms with van der Waals surface area (Å²) in [4.78, 5) is 38.8. The Morgan fingerprint density at radius 1 is 1.13 bits per heavy atom. The lowest BCUT2D eigenvalue weighted by Crippen LogP contribution is -2.43. The molecule has 9 heteroatoms. The van der Waals surface area contributed by atoms with Crippen molar-refractivity contribution in [3.63, 3.8) is 0 Å². The average molecular weight is 555 g/mol. The smallest absolute Gasteiger partial charge is 0.251 e. The molecule has 0 bridgehead atoms. The predicted octanol–water partition coefficient (Wildman–Crippen LogP) is 5.89. The van der Waals surface area contributed by atoms with Gasteiger partial charge in [-0.3, -0.25) is 14.4 Å². The largest absolute Gasteiger partial charge is 0.350 e. The number of likely N-dealkylation sites (tertiary alicyclic amines) is 1. The Hall–Kier alpha value is -2.45. The summed E-state index contributed by atoms with van der Waals surface area (Å²) in [6, 6.07) is 4.33. The van der Waals surface area contributed by atoms with E-state index < -0.39 is 5.82 Å². The first-order chi connectivity index (χ1) is 17.9. The van der Waals surface area contributed by atoms with Gasteiger partial charge in [0.1, 0.15) is 5.82 Å². The molecule has 3 amide bonds. The summed E-state index contributed by atoms with van der Waals surface area (Å²) in [6.45, 7) is 16.8. The van der Waals surface area contributed by atoms with E-state index in [0.717, 1.165) is 6.04 Å². The molecule has 1 aliphatic heterocycles. The van der Waals surface area contributed by atoms with E-state index in [2.05, 4.69) is 43.2 Å². The van der Waals surface area contributed by atoms with Crippen molar-refractivity contribution in [1.82, 2.24) is 15.1 Å². The highest BCUT2D eigenvalue weighted by Gasteiger charge is 2.22. The molecule has 0 saturated carbocycles. The van der Waals surface area contributed by atoms with Gasteiger partial charge in [0.05, 0.1) is 17.6 Å². The van der Waals surface area contributed by atoms with Crippen LogP contribution in [0.2, 0.25) is 5.02 Å². The Morgan fingerprint density at radius 2 is 1.71 bits per heavy atom. The van der Waals surface area contributed by atoms with E-state index in [0.29, 0.717) is 17.7 Å². The molecular formula is C29H48ClFN4O3. The van der Waals surface area contributed by atoms with Crippen molar-refractivity contribution >= 4 is 35.5 Å². The fraction of sp³-hybridized carbons (Fsp3) is 0.621. The summed E-state index contributed by atoms with van der Waals surface area (Å²) in [5, 5.41) is 4.88. The highest BCUT2D eigenvalue weighted by Crippen LogP contribution is 2.20. The number of carbonyl (C=O) groups is 3. The van der Waals surface area contributed by atoms with Crippen LogP contribution in [0.4, 0.5) is 10.1 Å². The number of hydrogen-bond acceptors (Lipinski definition) is 4. The zero-order valence-electron chi connectivity index (χ0n) is 24.4. The molecule has 2 rings (SSSR count). The van der Waals surface area contributed by atoms with Crippen LogP contribution < -0.4 is 10.6 Å². The molecule has 0 aliphatic carbocycles. The molecule has 1 atom stereocenters. The van der Waals surface area contributed by atoms with Crippen molar-refractivity contribution in [2.24, 2.45) is 5.92 Å². The Labute approximate surface area is 234 Å². The molecule has 0 spiro atoms. The molecule has 1 fully saturated rings. The van der Waals surface area contributed by atoms with Crippen molar-refractivity contribution in [3.8, 4) is 0 Å². The van der Waals surface area contributed by atoms with Gasteiger partial charge >= 0.3 is 0 Å². The van der Waals surface area contributed by atoms with Gasteiger partial charge in [-0.2, -0.15) is 0 Å². The van der Waals surface area contributed by atoms with E-state index in [1.165, 1.54) is 61.9 Å². The van der Waals surface area contributed by atoms with Crippen LogP contribution in [-0.2, 0) is 14.4 Å². The first-order valence-corrected chi connectivity index (χ1v) is 13.9. The van der Waals surface area contributed by atoms with E-state index in [4.69, 9.17) is 11.6 Å². The summed E-state index contributed by atoms with van der Waals surface area (Å²) in [7, 11) is 1.61. The first-order valence-electron chi connectivity index (χ1n) is 13.5. The van der Waals surface area contributed by atoms with Crippen LogP contribution in [0.1, 0.15) is 74.1 Å². The lowest BCUT2D eigenvalue weighted by atomic mass is 9.99. The molecule has 38 heavy (non-hydrogen) atoms. The fourth-order valence-corrected chi connectivity index (χ4v) is 3.92. The maximum absolute atomic E-state index is 13.2. The van der Waals surface area contributed by atoms with Crippen LogP contribution in [0.5, 0.6) is 0 Å². The van der Waals surface area contributed by atoms with Gasteiger partial charge < -0.3 is 20.4 Å². The SMILES string of the molecule is C/C(=C\C(C(C)C)N(C)C(=O)CNC=O)C(=O)Nc1ccc(F)c(Cl)c1.CC(C)N1CCCCC1.CCC. The zero-order valence-corrected chi connectivity index (χ0v) is 25.2. The van der Waals surface area contributed by atoms with Crippen molar-refractivity contribution in [2.45, 2.75) is 86.2 Å². The molecule has 0 radical (unpaired) electrons. The van der Waals surface area contributed by atoms with Gasteiger partial charge in [-0.15, -0.1) is 0 Å². The molecule has 1 aliphatic rings. The maximum Gasteiger partial charge on any atom is 0.251 e. The molecule has 1 heterocycles. The second-order valence-corrected chi connectivity index (χ2v) is 10.5. The lowest BCUT2D eigenvalue weighted by Gasteiger charge is -2.29. The van der Waals surface area contributed by atoms with Crippen LogP contribution in [0.3, 0.4) is 0 Å². The number of nitrogens with zero attached hydrogens (tertiary/aromatic N) is 2. The minimum Gasteiger partial charge on any atom is -0.350 e. The van der Waals surface area contributed by atoms with Crippen molar-refractivity contribution in [2.75, 3.05) is 32.0 Å². The van der Waals surface area contributed by atoms with E-state index in [1.807, 2.05) is 13.8 Å². The van der Waals surface area contributed by atoms with Gasteiger partial charge in [0.15, 0.2) is 0 Å². The second-order valence-electron chi connectivity index (χ2n) is 10.1. The summed E-state index contributed by atoms with van der Waals surface area (Å²) in [5.41, 5.74) is 0.766. The van der Waals surface area contributed by atoms with Crippen LogP contribution >= 0.6 is 11.6 Å². The van der Waals surface area contributed by atoms with Crippen molar-refractivity contribution < 1.29 is 18.8 Å². The quantitative estimate of drug-likeness (QED) is 0.294. The summed E-state index contributed by atoms with van der Waals surface area (Å²) in [5.74, 6) is -1.18. The van der Waals surface area contributed by atoms with Crippen LogP contribution in [0, 0.1) is 11.7 Å². The highest BCUT2D eigenvalue weighted by atomic mass is 35.5. The van der Waals surface area contributed by atoms with Crippen LogP contribution in [-0.4, -0.2) is 66.8 Å². The van der Waals surface area contributed by atoms with Crippen LogP contribution in [0.25, 0.3) is 0 Å². The van der Waals surface area contributed by atoms with Crippen molar-refractivity contribution in [3.05, 3.63) is 40.7 Å². The molecule has 216 valence electrons. The third-order valence-corrected chi connectivity index (χ3v) is 6.23. The fourth-order valence-electron chi connectivity index (χ4n) is 3.74. The highest BCUT2D eigenvalue weighted by molar-refractivity contribution is 6.31. The normalized spacial score (nSPS) is 14.5. The number of likely N-dealkylation sites (N-methyl/N-ethyl adjacent to an activating group) is 1. The summed E-state index contributed by atoms with van der Waals surface area (Å²) < 4.78 is 13.2. The number of piperidine rings is 1. The number of rotatable bonds is 9. The molecule has 2 N–H and O–H groups in total. The number of nitrogens with one attached hydrogen (secondary N) is 2. The monoisotopic (exact) mass is 554 g/mol. The molecule has 1 aromatic rings. The Kier molecular flexibility index (Phi) is 18.3. The predicted molar refractivity (Wildman–Crippen MR) is 156 cm³/mol. The van der Waals surface area contributed by atoms with Crippen molar-refractivity contribution in [1.29, 1.82) is 0 Å². The Bertz CT molecular complexity index is 887. The number of anilines is 1. The number of amides is 3. The molecule has 7 nitrogen and oxygen atoms in total. The summed E-state index contributed by atoms with van der Waals surface area (Å²) in [6.07, 6.45) is 7.67. The van der Waals surface area contributed by atoms with E-state index in [-0.39, 0.29) is 35.3 Å². The first kappa shape index (κ1) is 35.5. The topological polar surface area (TPSA) is 81.8 Å². The minimum absolute atomic E-state index is 0.0446. The van der Waals surface area contributed by atoms with Gasteiger partial charge in [0.25, 0.3) is 5.91 Å². The Morgan fingerprint density at radius 3 is 2.16 bits per heavy atom. The maximum atomic E-state index is 13.2. The third-order valence-electron chi connectivity index (χ3n) is 5.94. The van der Waals surface area contributed by atoms with E-state index in [9.17, 15) is 18.8 Å². The average Bonchev–Trinajstić information content (AvgIpc) is 2.88. The standard InChI is InChI=1S/C18H23ClFN3O3.C8H17N.C3H8/c1-11(2)16(23(4)17(25)9-21-10-24)7-12(3)18(26)22-13-5-6-15(20)14(19)8-13;1-8(2)9-6-4-3-5-7-9;1-3-2/h5-8,10-11,16H,9H2,1-4H3,(H,21,24)(H,22,26);8H,3-7H2,1-2H3;3H2,1-2H3/b12-7+;;. The minimum atomic E-state index is -0.569. The van der Waals surface area contributed by atoms with E-state index >= 15 is 0 Å².